The molecular formula is C15H23BrN2OS. The Bertz CT molecular complexity index is 487. The van der Waals surface area contributed by atoms with Crippen molar-refractivity contribution in [2.24, 2.45) is 5.73 Å². The number of hydrogen-bond acceptors (Lipinski definition) is 3. The van der Waals surface area contributed by atoms with Crippen molar-refractivity contribution in [1.29, 1.82) is 0 Å². The molecule has 0 aromatic carbocycles. The summed E-state index contributed by atoms with van der Waals surface area (Å²) in [5.41, 5.74) is 6.20. The summed E-state index contributed by atoms with van der Waals surface area (Å²) >= 11 is 5.31. The van der Waals surface area contributed by atoms with Crippen molar-refractivity contribution in [3.8, 4) is 0 Å². The summed E-state index contributed by atoms with van der Waals surface area (Å²) in [5.74, 6) is 0.220. The molecular weight excluding hydrogens is 336 g/mol. The highest BCUT2D eigenvalue weighted by molar-refractivity contribution is 9.10. The van der Waals surface area contributed by atoms with E-state index in [4.69, 9.17) is 5.73 Å². The Balaban J connectivity index is 2.49. The van der Waals surface area contributed by atoms with Gasteiger partial charge in [0.1, 0.15) is 0 Å². The summed E-state index contributed by atoms with van der Waals surface area (Å²) in [6.45, 7) is 8.35. The van der Waals surface area contributed by atoms with Crippen LogP contribution in [0.3, 0.4) is 0 Å². The number of hydrogen-bond donors (Lipinski definition) is 1. The number of amides is 1. The Hall–Kier alpha value is -0.390. The number of rotatable bonds is 1. The number of carbonyl (C=O) groups is 1. The molecule has 1 aromatic heterocycles. The molecule has 0 saturated carbocycles. The average Bonchev–Trinajstić information content (AvgIpc) is 2.54. The minimum absolute atomic E-state index is 0.00521. The second kappa shape index (κ2) is 5.78. The monoisotopic (exact) mass is 358 g/mol. The Morgan fingerprint density at radius 3 is 2.60 bits per heavy atom. The van der Waals surface area contributed by atoms with E-state index in [1.165, 1.54) is 9.75 Å². The molecule has 2 unspecified atom stereocenters. The zero-order valence-corrected chi connectivity index (χ0v) is 15.0. The van der Waals surface area contributed by atoms with E-state index in [1.54, 1.807) is 11.3 Å². The molecule has 112 valence electrons. The molecule has 1 fully saturated rings. The fourth-order valence-corrected chi connectivity index (χ4v) is 4.60. The molecule has 5 heteroatoms. The van der Waals surface area contributed by atoms with Crippen LogP contribution in [0, 0.1) is 6.92 Å². The largest absolute Gasteiger partial charge is 0.328 e. The van der Waals surface area contributed by atoms with Crippen LogP contribution in [0.4, 0.5) is 0 Å². The zero-order valence-electron chi connectivity index (χ0n) is 12.6. The van der Waals surface area contributed by atoms with Gasteiger partial charge in [-0.15, -0.1) is 11.3 Å². The van der Waals surface area contributed by atoms with Crippen LogP contribution in [-0.2, 0) is 4.79 Å². The van der Waals surface area contributed by atoms with Crippen LogP contribution in [0.2, 0.25) is 0 Å². The number of carbonyl (C=O) groups excluding carboxylic acids is 1. The molecule has 20 heavy (non-hydrogen) atoms. The average molecular weight is 359 g/mol. The van der Waals surface area contributed by atoms with Gasteiger partial charge in [0.15, 0.2) is 0 Å². The van der Waals surface area contributed by atoms with E-state index in [1.807, 2.05) is 4.90 Å². The van der Waals surface area contributed by atoms with E-state index in [9.17, 15) is 4.79 Å². The van der Waals surface area contributed by atoms with E-state index < -0.39 is 0 Å². The molecule has 2 atom stereocenters. The molecule has 0 spiro atoms. The second-order valence-electron chi connectivity index (χ2n) is 6.49. The maximum atomic E-state index is 12.5. The summed E-state index contributed by atoms with van der Waals surface area (Å²) in [7, 11) is 0. The Morgan fingerprint density at radius 1 is 1.45 bits per heavy atom. The van der Waals surface area contributed by atoms with Crippen LogP contribution < -0.4 is 5.73 Å². The fourth-order valence-electron chi connectivity index (χ4n) is 2.87. The Labute approximate surface area is 133 Å². The van der Waals surface area contributed by atoms with Gasteiger partial charge in [0.05, 0.1) is 6.04 Å². The minimum atomic E-state index is -0.214. The van der Waals surface area contributed by atoms with Crippen molar-refractivity contribution in [3.05, 3.63) is 20.3 Å². The van der Waals surface area contributed by atoms with E-state index in [-0.39, 0.29) is 23.5 Å². The van der Waals surface area contributed by atoms with Crippen molar-refractivity contribution >= 4 is 33.2 Å². The van der Waals surface area contributed by atoms with Crippen molar-refractivity contribution in [2.75, 3.05) is 0 Å². The number of thiophene rings is 1. The molecule has 1 saturated heterocycles. The number of halogens is 1. The first-order valence-corrected chi connectivity index (χ1v) is 8.66. The molecule has 1 aliphatic rings. The van der Waals surface area contributed by atoms with Crippen LogP contribution in [0.5, 0.6) is 0 Å². The molecule has 2 rings (SSSR count). The molecule has 0 aliphatic carbocycles. The van der Waals surface area contributed by atoms with Gasteiger partial charge in [-0.25, -0.2) is 0 Å². The smallest absolute Gasteiger partial charge is 0.223 e. The van der Waals surface area contributed by atoms with Gasteiger partial charge in [0, 0.05) is 32.2 Å². The maximum absolute atomic E-state index is 12.5. The normalized spacial score (nSPS) is 24.9. The Kier molecular flexibility index (Phi) is 4.62. The number of nitrogens with two attached hydrogens (primary N) is 1. The third kappa shape index (κ3) is 3.10. The second-order valence-corrected chi connectivity index (χ2v) is 8.63. The van der Waals surface area contributed by atoms with E-state index in [0.29, 0.717) is 6.42 Å². The van der Waals surface area contributed by atoms with Crippen molar-refractivity contribution in [2.45, 2.75) is 64.6 Å². The quantitative estimate of drug-likeness (QED) is 0.824. The molecule has 1 amide bonds. The van der Waals surface area contributed by atoms with Crippen molar-refractivity contribution in [3.63, 3.8) is 0 Å². The lowest BCUT2D eigenvalue weighted by Gasteiger charge is -2.42. The first-order chi connectivity index (χ1) is 9.21. The predicted molar refractivity (Wildman–Crippen MR) is 87.9 cm³/mol. The lowest BCUT2D eigenvalue weighted by Crippen LogP contribution is -2.51. The molecule has 2 heterocycles. The molecule has 1 aromatic rings. The van der Waals surface area contributed by atoms with Crippen molar-refractivity contribution < 1.29 is 4.79 Å². The molecule has 3 nitrogen and oxygen atoms in total. The maximum Gasteiger partial charge on any atom is 0.223 e. The van der Waals surface area contributed by atoms with Gasteiger partial charge in [0.2, 0.25) is 5.91 Å². The van der Waals surface area contributed by atoms with Crippen LogP contribution >= 0.6 is 27.3 Å². The summed E-state index contributed by atoms with van der Waals surface area (Å²) in [5, 5.41) is 0. The van der Waals surface area contributed by atoms with Gasteiger partial charge in [-0.05, 0) is 62.5 Å². The number of aryl methyl sites for hydroxylation is 1. The third-order valence-corrected chi connectivity index (χ3v) is 5.98. The first kappa shape index (κ1) is 16.0. The zero-order chi connectivity index (χ0) is 15.1. The molecule has 1 aliphatic heterocycles. The highest BCUT2D eigenvalue weighted by Gasteiger charge is 2.39. The van der Waals surface area contributed by atoms with Crippen molar-refractivity contribution in [1.82, 2.24) is 4.90 Å². The van der Waals surface area contributed by atoms with Crippen LogP contribution in [0.1, 0.15) is 55.8 Å². The fraction of sp³-hybridized carbons (Fsp3) is 0.667. The highest BCUT2D eigenvalue weighted by Crippen LogP contribution is 2.40. The van der Waals surface area contributed by atoms with Gasteiger partial charge in [-0.3, -0.25) is 4.79 Å². The lowest BCUT2D eigenvalue weighted by molar-refractivity contribution is -0.138. The van der Waals surface area contributed by atoms with Gasteiger partial charge in [-0.1, -0.05) is 0 Å². The molecule has 0 radical (unpaired) electrons. The topological polar surface area (TPSA) is 46.3 Å². The van der Waals surface area contributed by atoms with Gasteiger partial charge < -0.3 is 10.6 Å². The standard InChI is InChI=1S/C15H23BrN2OS/c1-9-10(16)8-12(20-9)14-11(17)6-5-7-13(19)18(14)15(2,3)4/h8,11,14H,5-7,17H2,1-4H3. The van der Waals surface area contributed by atoms with E-state index >= 15 is 0 Å². The lowest BCUT2D eigenvalue weighted by atomic mass is 9.97. The predicted octanol–water partition coefficient (Wildman–Crippen LogP) is 4.00. The molecule has 0 bridgehead atoms. The number of likely N-dealkylation sites (tertiary alicyclic amines) is 1. The highest BCUT2D eigenvalue weighted by atomic mass is 79.9. The van der Waals surface area contributed by atoms with Crippen LogP contribution in [-0.4, -0.2) is 22.4 Å². The summed E-state index contributed by atoms with van der Waals surface area (Å²) in [6.07, 6.45) is 2.39. The van der Waals surface area contributed by atoms with Gasteiger partial charge >= 0.3 is 0 Å². The SMILES string of the molecule is Cc1sc(C2C(N)CCCC(=O)N2C(C)(C)C)cc1Br. The first-order valence-electron chi connectivity index (χ1n) is 7.05. The summed E-state index contributed by atoms with van der Waals surface area (Å²) in [6, 6.07) is 2.12. The molecule has 2 N–H and O–H groups in total. The van der Waals surface area contributed by atoms with Crippen LogP contribution in [0.25, 0.3) is 0 Å². The number of nitrogens with zero attached hydrogens (tertiary/aromatic N) is 1. The Morgan fingerprint density at radius 2 is 2.10 bits per heavy atom. The minimum Gasteiger partial charge on any atom is -0.328 e. The van der Waals surface area contributed by atoms with Gasteiger partial charge in [0.25, 0.3) is 0 Å². The van der Waals surface area contributed by atoms with Gasteiger partial charge in [-0.2, -0.15) is 0 Å². The summed E-state index contributed by atoms with van der Waals surface area (Å²) in [4.78, 5) is 17.0. The van der Waals surface area contributed by atoms with Crippen LogP contribution in [0.15, 0.2) is 10.5 Å². The summed E-state index contributed by atoms with van der Waals surface area (Å²) < 4.78 is 1.11. The van der Waals surface area contributed by atoms with E-state index in [2.05, 4.69) is 49.7 Å². The third-order valence-electron chi connectivity index (χ3n) is 3.77. The van der Waals surface area contributed by atoms with E-state index in [0.717, 1.165) is 17.3 Å².